The highest BCUT2D eigenvalue weighted by Crippen LogP contribution is 2.32. The molecule has 9 nitrogen and oxygen atoms in total. The molecular weight excluding hydrogens is 548 g/mol. The van der Waals surface area contributed by atoms with Crippen molar-refractivity contribution in [1.82, 2.24) is 4.57 Å². The number of carbonyl (C=O) groups excluding carboxylic acids is 1. The Kier molecular flexibility index (Phi) is 8.22. The maximum atomic E-state index is 14.0. The van der Waals surface area contributed by atoms with Crippen LogP contribution in [-0.2, 0) is 9.53 Å². The molecule has 2 aliphatic rings. The lowest BCUT2D eigenvalue weighted by Gasteiger charge is -2.30. The summed E-state index contributed by atoms with van der Waals surface area (Å²) in [5.41, 5.74) is 2.72. The standard InChI is InChI=1S/C29H30N4O5S2/c1-4-38-28(35)25-18(2)30-29-32(26(25)19-8-11-22(39-3)12-9-19)27(34)24(40-29)17-20-16-21(33(36)37)10-13-23(20)31-14-6-5-7-15-31/h8-13,16-17,26H,4-7,14-15H2,1-3H3/t26-/m0/s1. The van der Waals surface area contributed by atoms with Gasteiger partial charge in [-0.3, -0.25) is 19.5 Å². The first-order valence-corrected chi connectivity index (χ1v) is 15.2. The van der Waals surface area contributed by atoms with Crippen molar-refractivity contribution in [3.8, 4) is 0 Å². The molecule has 40 heavy (non-hydrogen) atoms. The molecule has 5 rings (SSSR count). The highest BCUT2D eigenvalue weighted by molar-refractivity contribution is 7.98. The van der Waals surface area contributed by atoms with Gasteiger partial charge < -0.3 is 9.64 Å². The molecule has 0 amide bonds. The third kappa shape index (κ3) is 5.35. The van der Waals surface area contributed by atoms with Crippen molar-refractivity contribution < 1.29 is 14.5 Å². The topological polar surface area (TPSA) is 107 Å². The van der Waals surface area contributed by atoms with Crippen molar-refractivity contribution in [2.24, 2.45) is 4.99 Å². The molecule has 0 unspecified atom stereocenters. The molecule has 3 heterocycles. The minimum atomic E-state index is -0.708. The number of hydrogen-bond donors (Lipinski definition) is 0. The number of benzene rings is 2. The van der Waals surface area contributed by atoms with Crippen molar-refractivity contribution in [3.63, 3.8) is 0 Å². The Balaban J connectivity index is 1.70. The maximum absolute atomic E-state index is 14.0. The quantitative estimate of drug-likeness (QED) is 0.177. The average Bonchev–Trinajstić information content (AvgIpc) is 3.26. The van der Waals surface area contributed by atoms with Crippen LogP contribution in [0.3, 0.4) is 0 Å². The van der Waals surface area contributed by atoms with E-state index in [1.54, 1.807) is 42.3 Å². The van der Waals surface area contributed by atoms with Crippen LogP contribution in [0, 0.1) is 10.1 Å². The Morgan fingerprint density at radius 2 is 1.93 bits per heavy atom. The zero-order valence-corrected chi connectivity index (χ0v) is 24.2. The van der Waals surface area contributed by atoms with E-state index in [0.717, 1.165) is 48.5 Å². The molecule has 3 aromatic rings. The SMILES string of the molecule is CCOC(=O)C1=C(C)N=c2sc(=Cc3cc([N+](=O)[O-])ccc3N3CCCCC3)c(=O)n2[C@H]1c1ccc(SC)cc1. The van der Waals surface area contributed by atoms with Gasteiger partial charge in [0.25, 0.3) is 11.2 Å². The smallest absolute Gasteiger partial charge is 0.338 e. The molecule has 1 atom stereocenters. The van der Waals surface area contributed by atoms with Gasteiger partial charge in [0, 0.05) is 41.4 Å². The van der Waals surface area contributed by atoms with Crippen LogP contribution < -0.4 is 19.8 Å². The van der Waals surface area contributed by atoms with E-state index in [2.05, 4.69) is 9.89 Å². The van der Waals surface area contributed by atoms with Crippen molar-refractivity contribution in [2.45, 2.75) is 44.0 Å². The molecular formula is C29H30N4O5S2. The second-order valence-electron chi connectivity index (χ2n) is 9.62. The van der Waals surface area contributed by atoms with Crippen LogP contribution >= 0.6 is 23.1 Å². The van der Waals surface area contributed by atoms with Crippen LogP contribution in [0.15, 0.2) is 68.4 Å². The highest BCUT2D eigenvalue weighted by atomic mass is 32.2. The second kappa shape index (κ2) is 11.8. The summed E-state index contributed by atoms with van der Waals surface area (Å²) in [5.74, 6) is -0.511. The molecule has 0 saturated carbocycles. The van der Waals surface area contributed by atoms with Crippen molar-refractivity contribution >= 4 is 46.5 Å². The van der Waals surface area contributed by atoms with Gasteiger partial charge >= 0.3 is 5.97 Å². The fourth-order valence-corrected chi connectivity index (χ4v) is 6.67. The van der Waals surface area contributed by atoms with Crippen molar-refractivity contribution in [2.75, 3.05) is 30.9 Å². The number of allylic oxidation sites excluding steroid dienone is 1. The van der Waals surface area contributed by atoms with Gasteiger partial charge in [0.15, 0.2) is 4.80 Å². The normalized spacial score (nSPS) is 17.4. The number of non-ortho nitro benzene ring substituents is 1. The van der Waals surface area contributed by atoms with Gasteiger partial charge in [-0.2, -0.15) is 0 Å². The first kappa shape index (κ1) is 27.9. The molecule has 0 N–H and O–H groups in total. The van der Waals surface area contributed by atoms with E-state index in [-0.39, 0.29) is 17.9 Å². The molecule has 0 bridgehead atoms. The maximum Gasteiger partial charge on any atom is 0.338 e. The van der Waals surface area contributed by atoms with Crippen LogP contribution in [0.2, 0.25) is 0 Å². The van der Waals surface area contributed by atoms with Crippen LogP contribution in [0.5, 0.6) is 0 Å². The zero-order chi connectivity index (χ0) is 28.4. The minimum Gasteiger partial charge on any atom is -0.463 e. The second-order valence-corrected chi connectivity index (χ2v) is 11.5. The number of fused-ring (bicyclic) bond motifs is 1. The number of rotatable bonds is 7. The van der Waals surface area contributed by atoms with E-state index < -0.39 is 16.9 Å². The molecule has 0 aliphatic carbocycles. The number of nitro benzene ring substituents is 1. The molecule has 2 aromatic carbocycles. The number of carbonyl (C=O) groups is 1. The Labute approximate surface area is 239 Å². The first-order valence-electron chi connectivity index (χ1n) is 13.2. The zero-order valence-electron chi connectivity index (χ0n) is 22.6. The molecule has 1 aromatic heterocycles. The molecule has 0 radical (unpaired) electrons. The predicted octanol–water partition coefficient (Wildman–Crippen LogP) is 4.42. The van der Waals surface area contributed by atoms with Gasteiger partial charge in [0.2, 0.25) is 0 Å². The molecule has 1 fully saturated rings. The number of esters is 1. The number of ether oxygens (including phenoxy) is 1. The number of anilines is 1. The summed E-state index contributed by atoms with van der Waals surface area (Å²) < 4.78 is 7.31. The first-order chi connectivity index (χ1) is 19.3. The van der Waals surface area contributed by atoms with E-state index in [1.165, 1.54) is 23.5 Å². The summed E-state index contributed by atoms with van der Waals surface area (Å²) in [6.45, 7) is 5.40. The van der Waals surface area contributed by atoms with Crippen LogP contribution in [0.25, 0.3) is 6.08 Å². The number of nitro groups is 1. The summed E-state index contributed by atoms with van der Waals surface area (Å²) in [4.78, 5) is 46.7. The summed E-state index contributed by atoms with van der Waals surface area (Å²) in [7, 11) is 0. The number of piperidine rings is 1. The third-order valence-electron chi connectivity index (χ3n) is 7.15. The summed E-state index contributed by atoms with van der Waals surface area (Å²) in [5, 5.41) is 11.6. The number of aromatic nitrogens is 1. The molecule has 208 valence electrons. The molecule has 0 spiro atoms. The average molecular weight is 579 g/mol. The van der Waals surface area contributed by atoms with Gasteiger partial charge in [0.1, 0.15) is 0 Å². The van der Waals surface area contributed by atoms with Gasteiger partial charge in [0.05, 0.1) is 33.4 Å². The fraction of sp³-hybridized carbons (Fsp3) is 0.345. The van der Waals surface area contributed by atoms with E-state index in [9.17, 15) is 19.7 Å². The third-order valence-corrected chi connectivity index (χ3v) is 8.88. The fourth-order valence-electron chi connectivity index (χ4n) is 5.23. The number of hydrogen-bond acceptors (Lipinski definition) is 9. The van der Waals surface area contributed by atoms with E-state index in [4.69, 9.17) is 4.74 Å². The monoisotopic (exact) mass is 578 g/mol. The lowest BCUT2D eigenvalue weighted by molar-refractivity contribution is -0.384. The molecule has 2 aliphatic heterocycles. The van der Waals surface area contributed by atoms with Gasteiger partial charge in [-0.15, -0.1) is 11.8 Å². The summed E-state index contributed by atoms with van der Waals surface area (Å²) in [6.07, 6.45) is 6.95. The largest absolute Gasteiger partial charge is 0.463 e. The molecule has 1 saturated heterocycles. The van der Waals surface area contributed by atoms with E-state index in [0.29, 0.717) is 26.2 Å². The number of thioether (sulfide) groups is 1. The van der Waals surface area contributed by atoms with Crippen molar-refractivity contribution in [1.29, 1.82) is 0 Å². The van der Waals surface area contributed by atoms with E-state index >= 15 is 0 Å². The minimum absolute atomic E-state index is 0.0352. The summed E-state index contributed by atoms with van der Waals surface area (Å²) >= 11 is 2.82. The van der Waals surface area contributed by atoms with Gasteiger partial charge in [-0.25, -0.2) is 9.79 Å². The predicted molar refractivity (Wildman–Crippen MR) is 158 cm³/mol. The van der Waals surface area contributed by atoms with Gasteiger partial charge in [-0.05, 0) is 69.2 Å². The van der Waals surface area contributed by atoms with E-state index in [1.807, 2.05) is 30.5 Å². The Morgan fingerprint density at radius 3 is 2.58 bits per heavy atom. The van der Waals surface area contributed by atoms with Crippen LogP contribution in [0.1, 0.15) is 50.3 Å². The number of nitrogens with zero attached hydrogens (tertiary/aromatic N) is 4. The van der Waals surface area contributed by atoms with Crippen molar-refractivity contribution in [3.05, 3.63) is 94.7 Å². The Morgan fingerprint density at radius 1 is 1.20 bits per heavy atom. The lowest BCUT2D eigenvalue weighted by atomic mass is 9.96. The van der Waals surface area contributed by atoms with Crippen LogP contribution in [-0.4, -0.2) is 41.4 Å². The highest BCUT2D eigenvalue weighted by Gasteiger charge is 2.33. The Hall–Kier alpha value is -3.70. The van der Waals surface area contributed by atoms with Crippen LogP contribution in [0.4, 0.5) is 11.4 Å². The van der Waals surface area contributed by atoms with Gasteiger partial charge in [-0.1, -0.05) is 23.5 Å². The Bertz CT molecular complexity index is 1670. The number of thiazole rings is 1. The molecule has 11 heteroatoms. The lowest BCUT2D eigenvalue weighted by Crippen LogP contribution is -2.40. The summed E-state index contributed by atoms with van der Waals surface area (Å²) in [6, 6.07) is 11.9.